The minimum Gasteiger partial charge on any atom is -0.444 e. The lowest BCUT2D eigenvalue weighted by Crippen LogP contribution is -2.56. The van der Waals surface area contributed by atoms with Gasteiger partial charge in [0.1, 0.15) is 18.7 Å². The van der Waals surface area contributed by atoms with E-state index in [1.165, 1.54) is 11.8 Å². The van der Waals surface area contributed by atoms with Crippen molar-refractivity contribution in [3.63, 3.8) is 0 Å². The number of para-hydroxylation sites is 1. The first-order valence-electron chi connectivity index (χ1n) is 9.00. The van der Waals surface area contributed by atoms with Gasteiger partial charge >= 0.3 is 6.09 Å². The molecule has 0 aromatic heterocycles. The van der Waals surface area contributed by atoms with E-state index in [-0.39, 0.29) is 13.1 Å². The molecule has 1 saturated heterocycles. The summed E-state index contributed by atoms with van der Waals surface area (Å²) < 4.78 is 5.28. The first-order valence-corrected chi connectivity index (χ1v) is 10.2. The number of amides is 3. The number of halogens is 1. The van der Waals surface area contributed by atoms with E-state index in [9.17, 15) is 14.4 Å². The average Bonchev–Trinajstić information content (AvgIpc) is 2.63. The summed E-state index contributed by atoms with van der Waals surface area (Å²) in [4.78, 5) is 41.7. The van der Waals surface area contributed by atoms with E-state index in [0.29, 0.717) is 10.7 Å². The van der Waals surface area contributed by atoms with Crippen LogP contribution in [0.5, 0.6) is 0 Å². The molecule has 0 aliphatic carbocycles. The fraction of sp³-hybridized carbons (Fsp3) is 0.286. The van der Waals surface area contributed by atoms with Gasteiger partial charge in [0.2, 0.25) is 0 Å². The zero-order valence-electron chi connectivity index (χ0n) is 16.3. The molecule has 0 N–H and O–H groups in total. The van der Waals surface area contributed by atoms with E-state index >= 15 is 0 Å². The van der Waals surface area contributed by atoms with Crippen LogP contribution in [0.4, 0.5) is 10.5 Å². The summed E-state index contributed by atoms with van der Waals surface area (Å²) in [6.45, 7) is 4.75. The summed E-state index contributed by atoms with van der Waals surface area (Å²) in [5.41, 5.74) is -0.214. The highest BCUT2D eigenvalue weighted by Crippen LogP contribution is 2.36. The van der Waals surface area contributed by atoms with Crippen LogP contribution >= 0.6 is 23.4 Å². The second kappa shape index (κ2) is 8.47. The standard InChI is InChI=1S/C21H21ClN2O4S/c1-21(2,3)28-20(27)23-12-18(25)24(19(26)13-23)16-6-4-5-7-17(16)29-15-10-8-14(22)9-11-15/h4-11H,12-13H2,1-3H3. The van der Waals surface area contributed by atoms with E-state index < -0.39 is 23.5 Å². The number of carbonyl (C=O) groups is 3. The third-order valence-electron chi connectivity index (χ3n) is 3.95. The highest BCUT2D eigenvalue weighted by molar-refractivity contribution is 7.99. The molecule has 1 aliphatic heterocycles. The Morgan fingerprint density at radius 2 is 1.59 bits per heavy atom. The SMILES string of the molecule is CC(C)(C)OC(=O)N1CC(=O)N(c2ccccc2Sc2ccc(Cl)cc2)C(=O)C1. The van der Waals surface area contributed by atoms with Crippen molar-refractivity contribution in [1.29, 1.82) is 0 Å². The fourth-order valence-electron chi connectivity index (χ4n) is 2.75. The lowest BCUT2D eigenvalue weighted by Gasteiger charge is -2.34. The smallest absolute Gasteiger partial charge is 0.411 e. The number of piperazine rings is 1. The van der Waals surface area contributed by atoms with Gasteiger partial charge in [0.25, 0.3) is 11.8 Å². The van der Waals surface area contributed by atoms with Gasteiger partial charge in [0.05, 0.1) is 5.69 Å². The molecule has 1 heterocycles. The summed E-state index contributed by atoms with van der Waals surface area (Å²) >= 11 is 7.36. The van der Waals surface area contributed by atoms with Crippen LogP contribution in [-0.4, -0.2) is 41.5 Å². The first kappa shape index (κ1) is 21.2. The van der Waals surface area contributed by atoms with Crippen LogP contribution in [0, 0.1) is 0 Å². The number of ether oxygens (including phenoxy) is 1. The summed E-state index contributed by atoms with van der Waals surface area (Å²) in [5.74, 6) is -0.951. The molecule has 2 aromatic carbocycles. The van der Waals surface area contributed by atoms with Crippen LogP contribution in [-0.2, 0) is 14.3 Å². The summed E-state index contributed by atoms with van der Waals surface area (Å²) in [6, 6.07) is 14.5. The fourth-order valence-corrected chi connectivity index (χ4v) is 3.81. The van der Waals surface area contributed by atoms with Gasteiger partial charge in [-0.2, -0.15) is 0 Å². The molecule has 152 valence electrons. The Hall–Kier alpha value is -2.51. The summed E-state index contributed by atoms with van der Waals surface area (Å²) in [7, 11) is 0. The van der Waals surface area contributed by atoms with Gasteiger partial charge in [-0.25, -0.2) is 9.69 Å². The molecule has 3 rings (SSSR count). The van der Waals surface area contributed by atoms with Crippen molar-refractivity contribution < 1.29 is 19.1 Å². The molecule has 2 aromatic rings. The van der Waals surface area contributed by atoms with E-state index in [1.54, 1.807) is 45.0 Å². The number of imide groups is 1. The van der Waals surface area contributed by atoms with Crippen molar-refractivity contribution >= 4 is 47.0 Å². The highest BCUT2D eigenvalue weighted by atomic mass is 35.5. The van der Waals surface area contributed by atoms with Gasteiger partial charge < -0.3 is 4.74 Å². The van der Waals surface area contributed by atoms with Crippen LogP contribution in [0.3, 0.4) is 0 Å². The number of hydrogen-bond acceptors (Lipinski definition) is 5. The molecule has 29 heavy (non-hydrogen) atoms. The largest absolute Gasteiger partial charge is 0.444 e. The Morgan fingerprint density at radius 3 is 2.17 bits per heavy atom. The second-order valence-corrected chi connectivity index (χ2v) is 9.03. The lowest BCUT2D eigenvalue weighted by molar-refractivity contribution is -0.131. The van der Waals surface area contributed by atoms with Gasteiger partial charge in [-0.3, -0.25) is 14.5 Å². The van der Waals surface area contributed by atoms with Gasteiger partial charge in [0.15, 0.2) is 0 Å². The Bertz CT molecular complexity index is 922. The molecule has 0 unspecified atom stereocenters. The first-order chi connectivity index (χ1) is 13.6. The number of rotatable bonds is 3. The number of carbonyl (C=O) groups excluding carboxylic acids is 3. The molecule has 1 fully saturated rings. The topological polar surface area (TPSA) is 66.9 Å². The van der Waals surface area contributed by atoms with Crippen molar-refractivity contribution in [2.45, 2.75) is 36.2 Å². The number of benzene rings is 2. The molecule has 0 bridgehead atoms. The minimum absolute atomic E-state index is 0.222. The maximum atomic E-state index is 12.8. The van der Waals surface area contributed by atoms with Crippen LogP contribution in [0.15, 0.2) is 58.3 Å². The molecule has 3 amide bonds. The van der Waals surface area contributed by atoms with Crippen LogP contribution in [0.25, 0.3) is 0 Å². The Kier molecular flexibility index (Phi) is 6.19. The average molecular weight is 433 g/mol. The van der Waals surface area contributed by atoms with Crippen molar-refractivity contribution in [3.05, 3.63) is 53.6 Å². The third kappa shape index (κ3) is 5.31. The van der Waals surface area contributed by atoms with E-state index in [1.807, 2.05) is 24.3 Å². The number of nitrogens with zero attached hydrogens (tertiary/aromatic N) is 2. The lowest BCUT2D eigenvalue weighted by atomic mass is 10.2. The summed E-state index contributed by atoms with van der Waals surface area (Å²) in [6.07, 6.45) is -0.678. The van der Waals surface area contributed by atoms with Gasteiger partial charge in [0, 0.05) is 14.8 Å². The van der Waals surface area contributed by atoms with Crippen molar-refractivity contribution in [2.75, 3.05) is 18.0 Å². The minimum atomic E-state index is -0.706. The quantitative estimate of drug-likeness (QED) is 0.663. The molecule has 6 nitrogen and oxygen atoms in total. The molecule has 0 atom stereocenters. The molecule has 0 radical (unpaired) electrons. The molecule has 0 spiro atoms. The zero-order chi connectivity index (χ0) is 21.2. The predicted molar refractivity (Wildman–Crippen MR) is 112 cm³/mol. The summed E-state index contributed by atoms with van der Waals surface area (Å²) in [5, 5.41) is 0.631. The van der Waals surface area contributed by atoms with Gasteiger partial charge in [-0.15, -0.1) is 0 Å². The van der Waals surface area contributed by atoms with E-state index in [0.717, 1.165) is 19.6 Å². The molecule has 8 heteroatoms. The Balaban J connectivity index is 1.81. The second-order valence-electron chi connectivity index (χ2n) is 7.48. The van der Waals surface area contributed by atoms with Crippen molar-refractivity contribution in [3.8, 4) is 0 Å². The van der Waals surface area contributed by atoms with Gasteiger partial charge in [-0.05, 0) is 57.2 Å². The van der Waals surface area contributed by atoms with Crippen LogP contribution in [0.2, 0.25) is 5.02 Å². The van der Waals surface area contributed by atoms with E-state index in [4.69, 9.17) is 16.3 Å². The molecular weight excluding hydrogens is 412 g/mol. The van der Waals surface area contributed by atoms with Gasteiger partial charge in [-0.1, -0.05) is 35.5 Å². The van der Waals surface area contributed by atoms with Crippen molar-refractivity contribution in [2.24, 2.45) is 0 Å². The Morgan fingerprint density at radius 1 is 1.00 bits per heavy atom. The van der Waals surface area contributed by atoms with Crippen LogP contribution in [0.1, 0.15) is 20.8 Å². The number of anilines is 1. The number of hydrogen-bond donors (Lipinski definition) is 0. The Labute approximate surface area is 178 Å². The molecule has 0 saturated carbocycles. The highest BCUT2D eigenvalue weighted by Gasteiger charge is 2.37. The predicted octanol–water partition coefficient (Wildman–Crippen LogP) is 4.60. The van der Waals surface area contributed by atoms with E-state index in [2.05, 4.69) is 0 Å². The van der Waals surface area contributed by atoms with Crippen molar-refractivity contribution in [1.82, 2.24) is 4.90 Å². The third-order valence-corrected chi connectivity index (χ3v) is 5.28. The molecule has 1 aliphatic rings. The monoisotopic (exact) mass is 432 g/mol. The maximum Gasteiger partial charge on any atom is 0.411 e. The maximum absolute atomic E-state index is 12.8. The van der Waals surface area contributed by atoms with Crippen LogP contribution < -0.4 is 4.90 Å². The normalized spacial score (nSPS) is 14.9. The molecular formula is C21H21ClN2O4S. The zero-order valence-corrected chi connectivity index (χ0v) is 17.9.